The number of pyridine rings is 1. The Bertz CT molecular complexity index is 1930. The van der Waals surface area contributed by atoms with Gasteiger partial charge in [0.15, 0.2) is 0 Å². The van der Waals surface area contributed by atoms with Crippen LogP contribution in [0, 0.1) is 11.3 Å². The van der Waals surface area contributed by atoms with Gasteiger partial charge in [0.25, 0.3) is 0 Å². The molecule has 15 heteroatoms. The van der Waals surface area contributed by atoms with Crippen molar-refractivity contribution in [3.8, 4) is 11.3 Å². The number of carbonyl (C=O) groups is 4. The summed E-state index contributed by atoms with van der Waals surface area (Å²) in [6.45, 7) is 11.1. The molecule has 2 aromatic carbocycles. The maximum Gasteiger partial charge on any atom is 0.430 e. The molecule has 0 spiro atoms. The van der Waals surface area contributed by atoms with Crippen molar-refractivity contribution in [2.24, 2.45) is 11.3 Å². The topological polar surface area (TPSA) is 182 Å². The first-order valence-electron chi connectivity index (χ1n) is 19.6. The average molecular weight is 794 g/mol. The molecule has 1 saturated heterocycles. The van der Waals surface area contributed by atoms with Crippen molar-refractivity contribution in [3.63, 3.8) is 0 Å². The molecule has 5 rings (SSSR count). The minimum Gasteiger partial charge on any atom is -0.390 e. The lowest BCUT2D eigenvalue weighted by Gasteiger charge is -2.35. The number of alkyl carbamates (subject to hydrolysis) is 1. The number of aromatic nitrogens is 3. The summed E-state index contributed by atoms with van der Waals surface area (Å²) in [5, 5.41) is 26.9. The number of hydrazine groups is 1. The molecule has 5 amide bonds. The Balaban J connectivity index is 1.36. The van der Waals surface area contributed by atoms with Gasteiger partial charge in [-0.05, 0) is 52.6 Å². The molecule has 3 heterocycles. The highest BCUT2D eigenvalue weighted by atomic mass is 16.6. The number of carbonyl (C=O) groups excluding carboxylic acids is 4. The van der Waals surface area contributed by atoms with Crippen molar-refractivity contribution in [1.82, 2.24) is 46.0 Å². The summed E-state index contributed by atoms with van der Waals surface area (Å²) in [4.78, 5) is 61.5. The van der Waals surface area contributed by atoms with Crippen LogP contribution in [0.5, 0.6) is 0 Å². The number of hydrogen-bond acceptors (Lipinski definition) is 10. The van der Waals surface area contributed by atoms with Crippen molar-refractivity contribution in [2.75, 3.05) is 26.2 Å². The van der Waals surface area contributed by atoms with Crippen LogP contribution >= 0.6 is 0 Å². The smallest absolute Gasteiger partial charge is 0.390 e. The Hall–Kier alpha value is -5.93. The zero-order chi connectivity index (χ0) is 41.7. The molecular weight excluding hydrogens is 739 g/mol. The Morgan fingerprint density at radius 1 is 0.897 bits per heavy atom. The summed E-state index contributed by atoms with van der Waals surface area (Å²) < 4.78 is 5.03. The van der Waals surface area contributed by atoms with Gasteiger partial charge in [-0.1, -0.05) is 102 Å². The fourth-order valence-corrected chi connectivity index (χ4v) is 6.64. The van der Waals surface area contributed by atoms with Crippen LogP contribution < -0.4 is 16.1 Å². The molecule has 2 aromatic heterocycles. The molecule has 15 nitrogen and oxygen atoms in total. The second-order valence-electron chi connectivity index (χ2n) is 15.8. The monoisotopic (exact) mass is 793 g/mol. The summed E-state index contributed by atoms with van der Waals surface area (Å²) in [6, 6.07) is 22.6. The van der Waals surface area contributed by atoms with Gasteiger partial charge < -0.3 is 30.3 Å². The lowest BCUT2D eigenvalue weighted by atomic mass is 9.95. The van der Waals surface area contributed by atoms with E-state index >= 15 is 0 Å². The molecule has 0 bridgehead atoms. The molecule has 4 atom stereocenters. The van der Waals surface area contributed by atoms with E-state index in [0.29, 0.717) is 26.1 Å². The predicted octanol–water partition coefficient (Wildman–Crippen LogP) is 5.18. The first-order chi connectivity index (χ1) is 27.8. The molecule has 1 aliphatic rings. The third kappa shape index (κ3) is 12.8. The van der Waals surface area contributed by atoms with Crippen molar-refractivity contribution >= 4 is 24.1 Å². The van der Waals surface area contributed by atoms with Crippen molar-refractivity contribution < 1.29 is 29.0 Å². The quantitative estimate of drug-likeness (QED) is 0.0822. The minimum absolute atomic E-state index is 0.116. The second kappa shape index (κ2) is 20.5. The van der Waals surface area contributed by atoms with Gasteiger partial charge in [-0.3, -0.25) is 15.2 Å². The van der Waals surface area contributed by atoms with Gasteiger partial charge in [-0.25, -0.2) is 19.4 Å². The highest BCUT2D eigenvalue weighted by Crippen LogP contribution is 2.23. The van der Waals surface area contributed by atoms with E-state index in [0.717, 1.165) is 27.9 Å². The molecule has 0 saturated carbocycles. The zero-order valence-electron chi connectivity index (χ0n) is 33.9. The van der Waals surface area contributed by atoms with Gasteiger partial charge in [0.2, 0.25) is 5.91 Å². The number of urea groups is 1. The van der Waals surface area contributed by atoms with Gasteiger partial charge in [0.1, 0.15) is 6.04 Å². The molecule has 58 heavy (non-hydrogen) atoms. The fraction of sp³-hybridized carbons (Fsp3) is 0.419. The maximum atomic E-state index is 14.4. The minimum atomic E-state index is -1.24. The second-order valence-corrected chi connectivity index (χ2v) is 15.8. The van der Waals surface area contributed by atoms with E-state index in [4.69, 9.17) is 4.74 Å². The van der Waals surface area contributed by atoms with Gasteiger partial charge in [0.05, 0.1) is 24.0 Å². The van der Waals surface area contributed by atoms with E-state index < -0.39 is 36.3 Å². The van der Waals surface area contributed by atoms with E-state index in [2.05, 4.69) is 31.2 Å². The van der Waals surface area contributed by atoms with E-state index in [9.17, 15) is 24.3 Å². The zero-order valence-corrected chi connectivity index (χ0v) is 33.9. The van der Waals surface area contributed by atoms with Crippen LogP contribution in [0.4, 0.5) is 14.4 Å². The number of amides is 5. The van der Waals surface area contributed by atoms with Gasteiger partial charge >= 0.3 is 18.2 Å². The summed E-state index contributed by atoms with van der Waals surface area (Å²) in [5.41, 5.74) is 6.56. The van der Waals surface area contributed by atoms with Crippen molar-refractivity contribution in [2.45, 2.75) is 78.7 Å². The van der Waals surface area contributed by atoms with Gasteiger partial charge in [0, 0.05) is 57.2 Å². The molecule has 0 aliphatic carbocycles. The summed E-state index contributed by atoms with van der Waals surface area (Å²) in [6.07, 6.45) is 2.59. The normalized spacial score (nSPS) is 15.1. The standard InChI is InChI=1S/C43H55N9O6/c1-6-30(2)38(52-23-22-50(42(52)57)26-33-19-21-46-47-25-33)39(54)48-36(24-31-12-8-7-9-13-31)37(53)28-51(49-41(56)58-40(55)45-29-43(3,4)5)27-32-15-17-34(18-16-32)35-14-10-11-20-44-35/h7-21,25,30,36-38,53H,6,22-24,26-29H2,1-5H3,(H,45,55)(H,48,54)(H,49,56). The van der Waals surface area contributed by atoms with Crippen LogP contribution in [0.2, 0.25) is 0 Å². The molecule has 4 unspecified atom stereocenters. The SMILES string of the molecule is CCC(C)C(C(=O)NC(Cc1ccccc1)C(O)CN(Cc1ccc(-c2ccccn2)cc1)NC(=O)OC(=O)NCC(C)(C)C)N1CCN(Cc2ccnnc2)C1=O. The summed E-state index contributed by atoms with van der Waals surface area (Å²) >= 11 is 0. The molecule has 0 radical (unpaired) electrons. The molecule has 1 fully saturated rings. The Labute approximate surface area is 340 Å². The van der Waals surface area contributed by atoms with Crippen LogP contribution in [0.25, 0.3) is 11.3 Å². The number of ether oxygens (including phenoxy) is 1. The lowest BCUT2D eigenvalue weighted by molar-refractivity contribution is -0.128. The number of aliphatic hydroxyl groups excluding tert-OH is 1. The van der Waals surface area contributed by atoms with E-state index in [1.807, 2.05) is 107 Å². The third-order valence-electron chi connectivity index (χ3n) is 9.92. The molecule has 308 valence electrons. The van der Waals surface area contributed by atoms with Crippen LogP contribution in [-0.4, -0.2) is 104 Å². The summed E-state index contributed by atoms with van der Waals surface area (Å²) in [5.74, 6) is -0.595. The first-order valence-corrected chi connectivity index (χ1v) is 19.6. The number of nitrogens with zero attached hydrogens (tertiary/aromatic N) is 6. The van der Waals surface area contributed by atoms with Crippen LogP contribution in [-0.2, 0) is 29.0 Å². The highest BCUT2D eigenvalue weighted by molar-refractivity contribution is 5.88. The Kier molecular flexibility index (Phi) is 15.3. The predicted molar refractivity (Wildman–Crippen MR) is 218 cm³/mol. The van der Waals surface area contributed by atoms with E-state index in [-0.39, 0.29) is 43.4 Å². The van der Waals surface area contributed by atoms with Gasteiger partial charge in [-0.15, -0.1) is 0 Å². The first kappa shape index (κ1) is 43.2. The van der Waals surface area contributed by atoms with Crippen molar-refractivity contribution in [3.05, 3.63) is 114 Å². The number of benzene rings is 2. The number of nitrogens with one attached hydrogen (secondary N) is 3. The molecular formula is C43H55N9O6. The highest BCUT2D eigenvalue weighted by Gasteiger charge is 2.41. The summed E-state index contributed by atoms with van der Waals surface area (Å²) in [7, 11) is 0. The molecule has 4 aromatic rings. The largest absolute Gasteiger partial charge is 0.430 e. The average Bonchev–Trinajstić information content (AvgIpc) is 3.55. The molecule has 4 N–H and O–H groups in total. The fourth-order valence-electron chi connectivity index (χ4n) is 6.64. The Morgan fingerprint density at radius 2 is 1.64 bits per heavy atom. The number of rotatable bonds is 17. The lowest BCUT2D eigenvalue weighted by Crippen LogP contribution is -2.58. The maximum absolute atomic E-state index is 14.4. The van der Waals surface area contributed by atoms with E-state index in [1.54, 1.807) is 34.5 Å². The Morgan fingerprint density at radius 3 is 2.29 bits per heavy atom. The van der Waals surface area contributed by atoms with Crippen molar-refractivity contribution in [1.29, 1.82) is 0 Å². The third-order valence-corrected chi connectivity index (χ3v) is 9.92. The van der Waals surface area contributed by atoms with E-state index in [1.165, 1.54) is 5.01 Å². The number of hydrogen-bond donors (Lipinski definition) is 4. The van der Waals surface area contributed by atoms with Crippen LogP contribution in [0.3, 0.4) is 0 Å². The van der Waals surface area contributed by atoms with Crippen LogP contribution in [0.1, 0.15) is 57.7 Å². The van der Waals surface area contributed by atoms with Crippen LogP contribution in [0.15, 0.2) is 97.5 Å². The number of aliphatic hydroxyl groups is 1. The van der Waals surface area contributed by atoms with Gasteiger partial charge in [-0.2, -0.15) is 10.2 Å². The molecule has 1 aliphatic heterocycles.